The molecule has 0 bridgehead atoms. The highest BCUT2D eigenvalue weighted by Crippen LogP contribution is 2.31. The fourth-order valence-electron chi connectivity index (χ4n) is 3.61. The standard InChI is InChI=1S/C26H22ClN3O3/c27-20-12-10-18(11-13-20)25-29-28-24(33-25)16-30(21-14-15-21)26(31)23-9-5-4-6-19(23)17-32-22-7-2-1-3-8-22/h1-13,21H,14-17H2. The van der Waals surface area contributed by atoms with Crippen molar-refractivity contribution in [1.29, 1.82) is 0 Å². The predicted molar refractivity (Wildman–Crippen MR) is 125 cm³/mol. The van der Waals surface area contributed by atoms with E-state index in [1.807, 2.05) is 71.6 Å². The first-order chi connectivity index (χ1) is 16.2. The number of hydrogen-bond donors (Lipinski definition) is 0. The van der Waals surface area contributed by atoms with Crippen molar-refractivity contribution in [3.05, 3.63) is 101 Å². The Bertz CT molecular complexity index is 1240. The first-order valence-corrected chi connectivity index (χ1v) is 11.2. The second-order valence-corrected chi connectivity index (χ2v) is 8.37. The van der Waals surface area contributed by atoms with Gasteiger partial charge in [0.15, 0.2) is 0 Å². The van der Waals surface area contributed by atoms with Gasteiger partial charge in [0.2, 0.25) is 11.8 Å². The molecule has 5 rings (SSSR count). The number of para-hydroxylation sites is 1. The molecule has 1 aromatic heterocycles. The zero-order valence-electron chi connectivity index (χ0n) is 17.9. The number of benzene rings is 3. The molecule has 0 spiro atoms. The molecular weight excluding hydrogens is 438 g/mol. The van der Waals surface area contributed by atoms with Gasteiger partial charge < -0.3 is 14.1 Å². The van der Waals surface area contributed by atoms with E-state index in [0.29, 0.717) is 29.0 Å². The van der Waals surface area contributed by atoms with E-state index < -0.39 is 0 Å². The second kappa shape index (κ2) is 9.46. The summed E-state index contributed by atoms with van der Waals surface area (Å²) in [7, 11) is 0. The SMILES string of the molecule is O=C(c1ccccc1COc1ccccc1)N(Cc1nnc(-c2ccc(Cl)cc2)o1)C1CC1. The zero-order chi connectivity index (χ0) is 22.6. The van der Waals surface area contributed by atoms with Crippen LogP contribution in [0.15, 0.2) is 83.3 Å². The Hall–Kier alpha value is -3.64. The van der Waals surface area contributed by atoms with Crippen LogP contribution in [0.5, 0.6) is 5.75 Å². The van der Waals surface area contributed by atoms with E-state index in [1.54, 1.807) is 12.1 Å². The van der Waals surface area contributed by atoms with Crippen molar-refractivity contribution >= 4 is 17.5 Å². The zero-order valence-corrected chi connectivity index (χ0v) is 18.6. The average Bonchev–Trinajstić information content (AvgIpc) is 3.59. The molecule has 166 valence electrons. The van der Waals surface area contributed by atoms with Gasteiger partial charge in [-0.25, -0.2) is 0 Å². The number of halogens is 1. The van der Waals surface area contributed by atoms with Crippen molar-refractivity contribution in [2.24, 2.45) is 0 Å². The van der Waals surface area contributed by atoms with Crippen molar-refractivity contribution in [3.63, 3.8) is 0 Å². The Morgan fingerprint density at radius 2 is 1.70 bits per heavy atom. The molecule has 0 N–H and O–H groups in total. The van der Waals surface area contributed by atoms with Crippen LogP contribution in [0.2, 0.25) is 5.02 Å². The van der Waals surface area contributed by atoms with Gasteiger partial charge in [0.1, 0.15) is 12.4 Å². The van der Waals surface area contributed by atoms with Gasteiger partial charge in [0.25, 0.3) is 5.91 Å². The van der Waals surface area contributed by atoms with Crippen LogP contribution in [0, 0.1) is 0 Å². The normalized spacial score (nSPS) is 13.0. The molecule has 3 aromatic carbocycles. The highest BCUT2D eigenvalue weighted by atomic mass is 35.5. The molecule has 1 aliphatic rings. The topological polar surface area (TPSA) is 68.5 Å². The summed E-state index contributed by atoms with van der Waals surface area (Å²) in [6, 6.07) is 24.5. The van der Waals surface area contributed by atoms with E-state index >= 15 is 0 Å². The van der Waals surface area contributed by atoms with Crippen LogP contribution in [0.4, 0.5) is 0 Å². The third-order valence-electron chi connectivity index (χ3n) is 5.50. The van der Waals surface area contributed by atoms with Crippen LogP contribution >= 0.6 is 11.6 Å². The largest absolute Gasteiger partial charge is 0.489 e. The first-order valence-electron chi connectivity index (χ1n) is 10.8. The number of amides is 1. The molecule has 6 nitrogen and oxygen atoms in total. The van der Waals surface area contributed by atoms with Crippen LogP contribution in [-0.4, -0.2) is 27.0 Å². The van der Waals surface area contributed by atoms with Crippen LogP contribution < -0.4 is 4.74 Å². The molecule has 1 heterocycles. The molecule has 4 aromatic rings. The number of aromatic nitrogens is 2. The number of hydrogen-bond acceptors (Lipinski definition) is 5. The van der Waals surface area contributed by atoms with Gasteiger partial charge in [0, 0.05) is 27.8 Å². The Balaban J connectivity index is 1.33. The number of carbonyl (C=O) groups excluding carboxylic acids is 1. The maximum Gasteiger partial charge on any atom is 0.254 e. The van der Waals surface area contributed by atoms with Gasteiger partial charge in [-0.15, -0.1) is 10.2 Å². The molecule has 0 aliphatic heterocycles. The molecule has 1 saturated carbocycles. The van der Waals surface area contributed by atoms with Crippen LogP contribution in [-0.2, 0) is 13.2 Å². The minimum Gasteiger partial charge on any atom is -0.489 e. The number of nitrogens with zero attached hydrogens (tertiary/aromatic N) is 3. The molecule has 1 fully saturated rings. The lowest BCUT2D eigenvalue weighted by Gasteiger charge is -2.22. The predicted octanol–water partition coefficient (Wildman–Crippen LogP) is 5.77. The molecule has 0 saturated heterocycles. The van der Waals surface area contributed by atoms with E-state index in [0.717, 1.165) is 29.7 Å². The van der Waals surface area contributed by atoms with Crippen molar-refractivity contribution in [3.8, 4) is 17.2 Å². The van der Waals surface area contributed by atoms with Crippen LogP contribution in [0.25, 0.3) is 11.5 Å². The summed E-state index contributed by atoms with van der Waals surface area (Å²) in [5.74, 6) is 1.51. The molecule has 0 unspecified atom stereocenters. The number of ether oxygens (including phenoxy) is 1. The number of rotatable bonds is 8. The summed E-state index contributed by atoms with van der Waals surface area (Å²) in [5.41, 5.74) is 2.24. The van der Waals surface area contributed by atoms with Gasteiger partial charge in [-0.2, -0.15) is 0 Å². The van der Waals surface area contributed by atoms with Gasteiger partial charge in [-0.1, -0.05) is 48.0 Å². The van der Waals surface area contributed by atoms with Crippen molar-refractivity contribution < 1.29 is 13.9 Å². The fourth-order valence-corrected chi connectivity index (χ4v) is 3.74. The lowest BCUT2D eigenvalue weighted by atomic mass is 10.1. The van der Waals surface area contributed by atoms with E-state index in [4.69, 9.17) is 20.8 Å². The molecule has 0 atom stereocenters. The van der Waals surface area contributed by atoms with E-state index in [2.05, 4.69) is 10.2 Å². The quantitative estimate of drug-likeness (QED) is 0.334. The molecule has 1 amide bonds. The molecular formula is C26H22ClN3O3. The van der Waals surface area contributed by atoms with Crippen LogP contribution in [0.1, 0.15) is 34.7 Å². The monoisotopic (exact) mass is 459 g/mol. The van der Waals surface area contributed by atoms with Crippen molar-refractivity contribution in [1.82, 2.24) is 15.1 Å². The summed E-state index contributed by atoms with van der Waals surface area (Å²) >= 11 is 5.96. The molecule has 33 heavy (non-hydrogen) atoms. The smallest absolute Gasteiger partial charge is 0.254 e. The molecule has 1 aliphatic carbocycles. The third-order valence-corrected chi connectivity index (χ3v) is 5.75. The third kappa shape index (κ3) is 5.07. The Morgan fingerprint density at radius 3 is 2.45 bits per heavy atom. The first kappa shape index (κ1) is 21.2. The van der Waals surface area contributed by atoms with E-state index in [9.17, 15) is 4.79 Å². The minimum absolute atomic E-state index is 0.0593. The lowest BCUT2D eigenvalue weighted by molar-refractivity contribution is 0.0711. The van der Waals surface area contributed by atoms with Crippen molar-refractivity contribution in [2.75, 3.05) is 0 Å². The highest BCUT2D eigenvalue weighted by Gasteiger charge is 2.35. The summed E-state index contributed by atoms with van der Waals surface area (Å²) in [4.78, 5) is 15.4. The highest BCUT2D eigenvalue weighted by molar-refractivity contribution is 6.30. The van der Waals surface area contributed by atoms with E-state index in [1.165, 1.54) is 0 Å². The van der Waals surface area contributed by atoms with Gasteiger partial charge in [0.05, 0.1) is 6.54 Å². The van der Waals surface area contributed by atoms with Crippen LogP contribution in [0.3, 0.4) is 0 Å². The summed E-state index contributed by atoms with van der Waals surface area (Å²) in [6.07, 6.45) is 1.93. The Labute approximate surface area is 196 Å². The van der Waals surface area contributed by atoms with E-state index in [-0.39, 0.29) is 18.5 Å². The maximum atomic E-state index is 13.5. The fraction of sp³-hybridized carbons (Fsp3) is 0.192. The lowest BCUT2D eigenvalue weighted by Crippen LogP contribution is -2.33. The second-order valence-electron chi connectivity index (χ2n) is 7.93. The number of carbonyl (C=O) groups is 1. The molecule has 0 radical (unpaired) electrons. The molecule has 7 heteroatoms. The van der Waals surface area contributed by atoms with Gasteiger partial charge >= 0.3 is 0 Å². The maximum absolute atomic E-state index is 13.5. The summed E-state index contributed by atoms with van der Waals surface area (Å²) < 4.78 is 11.8. The summed E-state index contributed by atoms with van der Waals surface area (Å²) in [6.45, 7) is 0.573. The average molecular weight is 460 g/mol. The Morgan fingerprint density at radius 1 is 0.970 bits per heavy atom. The minimum atomic E-state index is -0.0593. The van der Waals surface area contributed by atoms with Gasteiger partial charge in [-0.3, -0.25) is 4.79 Å². The van der Waals surface area contributed by atoms with Gasteiger partial charge in [-0.05, 0) is 55.3 Å². The van der Waals surface area contributed by atoms with Crippen molar-refractivity contribution in [2.45, 2.75) is 32.0 Å². The summed E-state index contributed by atoms with van der Waals surface area (Å²) in [5, 5.41) is 8.95. The Kier molecular flexibility index (Phi) is 6.09.